The molecule has 0 spiro atoms. The topological polar surface area (TPSA) is 113 Å². The van der Waals surface area contributed by atoms with Gasteiger partial charge in [-0.25, -0.2) is 9.59 Å². The molecular formula is C18H11BrO7. The van der Waals surface area contributed by atoms with E-state index in [4.69, 9.17) is 9.47 Å². The van der Waals surface area contributed by atoms with E-state index in [9.17, 15) is 24.9 Å². The number of hydrogen-bond donors (Lipinski definition) is 3. The van der Waals surface area contributed by atoms with Crippen molar-refractivity contribution in [3.8, 4) is 11.5 Å². The summed E-state index contributed by atoms with van der Waals surface area (Å²) >= 11 is 3.39. The van der Waals surface area contributed by atoms with E-state index in [1.807, 2.05) is 0 Å². The molecule has 2 aliphatic heterocycles. The predicted octanol–water partition coefficient (Wildman–Crippen LogP) is 3.69. The van der Waals surface area contributed by atoms with E-state index in [-0.39, 0.29) is 33.9 Å². The van der Waals surface area contributed by atoms with E-state index in [0.29, 0.717) is 15.6 Å². The van der Waals surface area contributed by atoms with Crippen LogP contribution in [0, 0.1) is 6.92 Å². The molecule has 8 heteroatoms. The van der Waals surface area contributed by atoms with E-state index < -0.39 is 23.8 Å². The summed E-state index contributed by atoms with van der Waals surface area (Å²) in [5.74, 6) is -2.95. The number of carboxylic acids is 1. The second-order valence-electron chi connectivity index (χ2n) is 5.90. The third-order valence-electron chi connectivity index (χ3n) is 4.34. The van der Waals surface area contributed by atoms with Gasteiger partial charge in [0, 0.05) is 10.0 Å². The highest BCUT2D eigenvalue weighted by atomic mass is 79.9. The maximum Gasteiger partial charge on any atom is 0.347 e. The molecule has 0 aliphatic carbocycles. The van der Waals surface area contributed by atoms with Gasteiger partial charge in [-0.1, -0.05) is 22.0 Å². The van der Waals surface area contributed by atoms with Gasteiger partial charge < -0.3 is 24.8 Å². The number of carbonyl (C=O) groups excluding carboxylic acids is 1. The fraction of sp³-hybridized carbons (Fsp3) is 0.111. The van der Waals surface area contributed by atoms with Gasteiger partial charge in [0.25, 0.3) is 0 Å². The van der Waals surface area contributed by atoms with Crippen molar-refractivity contribution >= 4 is 33.6 Å². The summed E-state index contributed by atoms with van der Waals surface area (Å²) in [4.78, 5) is 23.8. The molecule has 4 rings (SSSR count). The first kappa shape index (κ1) is 16.5. The standard InChI is InChI=1S/C18H11BrO7/c1-6-5-8(20)11-12(13(6)19)15-16(26-18(11)24)14(21)10-7(17(22)23)3-2-4-9(10)25-15/h2-5,15,20-21H,1H3,(H,22,23)/t15-/m0/s1. The van der Waals surface area contributed by atoms with E-state index in [0.717, 1.165) is 0 Å². The molecule has 3 N–H and O–H groups in total. The van der Waals surface area contributed by atoms with E-state index in [1.54, 1.807) is 6.92 Å². The van der Waals surface area contributed by atoms with Crippen molar-refractivity contribution < 1.29 is 34.4 Å². The zero-order valence-corrected chi connectivity index (χ0v) is 14.8. The van der Waals surface area contributed by atoms with Crippen molar-refractivity contribution in [3.05, 3.63) is 62.3 Å². The van der Waals surface area contributed by atoms with Crippen molar-refractivity contribution in [1.29, 1.82) is 0 Å². The van der Waals surface area contributed by atoms with Crippen LogP contribution in [0.5, 0.6) is 11.5 Å². The summed E-state index contributed by atoms with van der Waals surface area (Å²) in [6.07, 6.45) is -1.01. The number of ether oxygens (including phenoxy) is 2. The lowest BCUT2D eigenvalue weighted by molar-refractivity contribution is 0.0441. The summed E-state index contributed by atoms with van der Waals surface area (Å²) in [6, 6.07) is 5.72. The van der Waals surface area contributed by atoms with Crippen molar-refractivity contribution in [2.45, 2.75) is 13.0 Å². The maximum atomic E-state index is 12.4. The first-order chi connectivity index (χ1) is 12.3. The molecule has 2 heterocycles. The number of rotatable bonds is 1. The van der Waals surface area contributed by atoms with Gasteiger partial charge in [-0.05, 0) is 30.7 Å². The number of aromatic hydroxyl groups is 1. The number of aliphatic hydroxyl groups is 1. The number of aryl methyl sites for hydroxylation is 1. The van der Waals surface area contributed by atoms with E-state index >= 15 is 0 Å². The summed E-state index contributed by atoms with van der Waals surface area (Å²) in [7, 11) is 0. The molecule has 0 unspecified atom stereocenters. The first-order valence-electron chi connectivity index (χ1n) is 7.51. The second-order valence-corrected chi connectivity index (χ2v) is 6.69. The van der Waals surface area contributed by atoms with Gasteiger partial charge in [0.1, 0.15) is 17.1 Å². The Bertz CT molecular complexity index is 1040. The Morgan fingerprint density at radius 3 is 2.65 bits per heavy atom. The number of hydrogen-bond acceptors (Lipinski definition) is 6. The van der Waals surface area contributed by atoms with Crippen LogP contribution >= 0.6 is 15.9 Å². The number of aliphatic hydroxyl groups excluding tert-OH is 1. The van der Waals surface area contributed by atoms with Crippen LogP contribution in [0.3, 0.4) is 0 Å². The predicted molar refractivity (Wildman–Crippen MR) is 92.3 cm³/mol. The maximum absolute atomic E-state index is 12.4. The molecule has 0 fully saturated rings. The van der Waals surface area contributed by atoms with Crippen LogP contribution in [0.15, 0.2) is 34.5 Å². The molecule has 132 valence electrons. The minimum Gasteiger partial charge on any atom is -0.507 e. The summed E-state index contributed by atoms with van der Waals surface area (Å²) in [5, 5.41) is 30.2. The summed E-state index contributed by atoms with van der Waals surface area (Å²) in [5.41, 5.74) is 0.659. The van der Waals surface area contributed by atoms with Crippen molar-refractivity contribution in [2.75, 3.05) is 0 Å². The van der Waals surface area contributed by atoms with Gasteiger partial charge in [-0.15, -0.1) is 0 Å². The minimum absolute atomic E-state index is 0.0597. The van der Waals surface area contributed by atoms with Crippen LogP contribution in [0.1, 0.15) is 43.5 Å². The Hall–Kier alpha value is -3.00. The van der Waals surface area contributed by atoms with E-state index in [1.165, 1.54) is 24.3 Å². The highest BCUT2D eigenvalue weighted by Gasteiger charge is 2.43. The summed E-state index contributed by atoms with van der Waals surface area (Å²) in [6.45, 7) is 1.73. The quantitative estimate of drug-likeness (QED) is 0.605. The van der Waals surface area contributed by atoms with Gasteiger partial charge in [0.15, 0.2) is 17.6 Å². The summed E-state index contributed by atoms with van der Waals surface area (Å²) < 4.78 is 11.6. The fourth-order valence-electron chi connectivity index (χ4n) is 3.18. The van der Waals surface area contributed by atoms with Gasteiger partial charge in [0.2, 0.25) is 0 Å². The number of aromatic carboxylic acids is 1. The molecule has 0 saturated carbocycles. The van der Waals surface area contributed by atoms with Gasteiger partial charge in [0.05, 0.1) is 11.1 Å². The zero-order chi connectivity index (χ0) is 18.7. The SMILES string of the molecule is Cc1cc(O)c2c(c1Br)[C@@H]1Oc3cccc(C(=O)O)c3C(O)=C1OC2=O. The smallest absolute Gasteiger partial charge is 0.347 e. The van der Waals surface area contributed by atoms with Crippen LogP contribution in [-0.4, -0.2) is 27.3 Å². The molecule has 1 atom stereocenters. The number of carbonyl (C=O) groups is 2. The Balaban J connectivity index is 2.02. The third kappa shape index (κ3) is 2.12. The number of halogens is 1. The van der Waals surface area contributed by atoms with Gasteiger partial charge in [-0.2, -0.15) is 0 Å². The molecule has 0 saturated heterocycles. The average molecular weight is 419 g/mol. The fourth-order valence-corrected chi connectivity index (χ4v) is 3.70. The molecular weight excluding hydrogens is 408 g/mol. The van der Waals surface area contributed by atoms with Crippen LogP contribution in [-0.2, 0) is 4.74 Å². The second kappa shape index (κ2) is 5.50. The van der Waals surface area contributed by atoms with Crippen LogP contribution in [0.25, 0.3) is 5.76 Å². The van der Waals surface area contributed by atoms with E-state index in [2.05, 4.69) is 15.9 Å². The van der Waals surface area contributed by atoms with Crippen LogP contribution in [0.4, 0.5) is 0 Å². The highest BCUT2D eigenvalue weighted by molar-refractivity contribution is 9.10. The van der Waals surface area contributed by atoms with Crippen molar-refractivity contribution in [3.63, 3.8) is 0 Å². The molecule has 7 nitrogen and oxygen atoms in total. The number of phenolic OH excluding ortho intramolecular Hbond substituents is 1. The molecule has 2 aromatic rings. The molecule has 2 aromatic carbocycles. The lowest BCUT2D eigenvalue weighted by atomic mass is 9.91. The Labute approximate surface area is 155 Å². The molecule has 0 bridgehead atoms. The Morgan fingerprint density at radius 2 is 1.96 bits per heavy atom. The number of carboxylic acid groups (broad SMARTS) is 1. The van der Waals surface area contributed by atoms with Crippen molar-refractivity contribution in [1.82, 2.24) is 0 Å². The molecule has 2 aliphatic rings. The average Bonchev–Trinajstić information content (AvgIpc) is 2.59. The minimum atomic E-state index is -1.26. The van der Waals surface area contributed by atoms with Crippen molar-refractivity contribution in [2.24, 2.45) is 0 Å². The lowest BCUT2D eigenvalue weighted by Crippen LogP contribution is -2.29. The Kier molecular flexibility index (Phi) is 3.48. The highest BCUT2D eigenvalue weighted by Crippen LogP contribution is 2.50. The van der Waals surface area contributed by atoms with Gasteiger partial charge in [-0.3, -0.25) is 0 Å². The van der Waals surface area contributed by atoms with Crippen LogP contribution in [0.2, 0.25) is 0 Å². The largest absolute Gasteiger partial charge is 0.507 e. The van der Waals surface area contributed by atoms with Gasteiger partial charge >= 0.3 is 11.9 Å². The number of phenols is 1. The molecule has 0 amide bonds. The molecule has 26 heavy (non-hydrogen) atoms. The first-order valence-corrected chi connectivity index (χ1v) is 8.31. The molecule has 0 radical (unpaired) electrons. The van der Waals surface area contributed by atoms with Crippen LogP contribution < -0.4 is 4.74 Å². The number of benzene rings is 2. The monoisotopic (exact) mass is 418 g/mol. The Morgan fingerprint density at radius 1 is 1.23 bits per heavy atom. The number of fused-ring (bicyclic) bond motifs is 4. The number of esters is 1. The zero-order valence-electron chi connectivity index (χ0n) is 13.2. The molecule has 0 aromatic heterocycles. The lowest BCUT2D eigenvalue weighted by Gasteiger charge is -2.33. The normalized spacial score (nSPS) is 17.6. The third-order valence-corrected chi connectivity index (χ3v) is 5.39.